The van der Waals surface area contributed by atoms with Gasteiger partial charge in [0.05, 0.1) is 4.90 Å². The number of hydrogen-bond acceptors (Lipinski definition) is 4. The van der Waals surface area contributed by atoms with Crippen LogP contribution in [0.3, 0.4) is 0 Å². The van der Waals surface area contributed by atoms with Crippen LogP contribution in [0.15, 0.2) is 23.1 Å². The molecule has 1 aromatic rings. The van der Waals surface area contributed by atoms with Gasteiger partial charge in [0, 0.05) is 29.4 Å². The lowest BCUT2D eigenvalue weighted by atomic mass is 10.3. The Kier molecular flexibility index (Phi) is 5.10. The van der Waals surface area contributed by atoms with Crippen molar-refractivity contribution in [1.29, 1.82) is 0 Å². The summed E-state index contributed by atoms with van der Waals surface area (Å²) in [6.45, 7) is 10.4. The molecular weight excluding hydrogens is 268 g/mol. The molecule has 0 aliphatic heterocycles. The topological polar surface area (TPSA) is 63.4 Å². The highest BCUT2D eigenvalue weighted by Crippen LogP contribution is 2.28. The second-order valence-corrected chi connectivity index (χ2v) is 7.47. The van der Waals surface area contributed by atoms with Gasteiger partial charge in [0.25, 0.3) is 0 Å². The quantitative estimate of drug-likeness (QED) is 0.815. The Hall–Kier alpha value is -0.690. The predicted molar refractivity (Wildman–Crippen MR) is 76.2 cm³/mol. The normalized spacial score (nSPS) is 12.1. The smallest absolute Gasteiger partial charge is 0.244 e. The Morgan fingerprint density at radius 1 is 1.56 bits per heavy atom. The molecule has 2 N–H and O–H groups in total. The summed E-state index contributed by atoms with van der Waals surface area (Å²) in [5, 5.41) is 0. The highest BCUT2D eigenvalue weighted by Gasteiger charge is 2.26. The number of likely N-dealkylation sites (N-methyl/N-ethyl adjacent to an activating group) is 1. The number of aryl methyl sites for hydroxylation is 1. The Labute approximate surface area is 113 Å². The Bertz CT molecular complexity index is 532. The number of nitrogens with zero attached hydrogens (tertiary/aromatic N) is 1. The molecule has 6 heteroatoms. The van der Waals surface area contributed by atoms with Gasteiger partial charge in [-0.3, -0.25) is 0 Å². The van der Waals surface area contributed by atoms with Gasteiger partial charge in [0.1, 0.15) is 0 Å². The fourth-order valence-electron chi connectivity index (χ4n) is 1.69. The monoisotopic (exact) mass is 288 g/mol. The molecule has 0 bridgehead atoms. The number of thiophene rings is 1. The highest BCUT2D eigenvalue weighted by molar-refractivity contribution is 7.89. The van der Waals surface area contributed by atoms with Crippen LogP contribution >= 0.6 is 11.3 Å². The van der Waals surface area contributed by atoms with Crippen LogP contribution in [0.4, 0.5) is 0 Å². The summed E-state index contributed by atoms with van der Waals surface area (Å²) in [5.74, 6) is 0. The van der Waals surface area contributed by atoms with Gasteiger partial charge >= 0.3 is 0 Å². The second kappa shape index (κ2) is 5.97. The average molecular weight is 288 g/mol. The SMILES string of the molecule is C=C(C)CN(CC)S(=O)(=O)c1cc(CN)sc1C. The lowest BCUT2D eigenvalue weighted by Gasteiger charge is -2.20. The molecule has 0 spiro atoms. The fraction of sp³-hybridized carbons (Fsp3) is 0.500. The molecule has 0 saturated carbocycles. The van der Waals surface area contributed by atoms with E-state index in [-0.39, 0.29) is 0 Å². The maximum absolute atomic E-state index is 12.5. The van der Waals surface area contributed by atoms with Gasteiger partial charge in [-0.15, -0.1) is 11.3 Å². The average Bonchev–Trinajstić information content (AvgIpc) is 2.67. The van der Waals surface area contributed by atoms with Crippen LogP contribution in [0.25, 0.3) is 0 Å². The third-order valence-electron chi connectivity index (χ3n) is 2.54. The molecule has 0 aromatic carbocycles. The molecule has 4 nitrogen and oxygen atoms in total. The van der Waals surface area contributed by atoms with Crippen molar-refractivity contribution in [2.75, 3.05) is 13.1 Å². The molecule has 102 valence electrons. The van der Waals surface area contributed by atoms with Gasteiger partial charge in [0.15, 0.2) is 0 Å². The predicted octanol–water partition coefficient (Wildman–Crippen LogP) is 2.10. The van der Waals surface area contributed by atoms with E-state index in [0.717, 1.165) is 15.3 Å². The fourth-order valence-corrected chi connectivity index (χ4v) is 4.68. The van der Waals surface area contributed by atoms with Crippen LogP contribution in [0, 0.1) is 6.92 Å². The largest absolute Gasteiger partial charge is 0.326 e. The second-order valence-electron chi connectivity index (χ2n) is 4.23. The van der Waals surface area contributed by atoms with Crippen molar-refractivity contribution in [1.82, 2.24) is 4.31 Å². The maximum atomic E-state index is 12.5. The minimum Gasteiger partial charge on any atom is -0.326 e. The van der Waals surface area contributed by atoms with E-state index in [9.17, 15) is 8.42 Å². The Balaban J connectivity index is 3.18. The number of rotatable bonds is 6. The Morgan fingerprint density at radius 2 is 2.17 bits per heavy atom. The maximum Gasteiger partial charge on any atom is 0.244 e. The summed E-state index contributed by atoms with van der Waals surface area (Å²) >= 11 is 1.43. The van der Waals surface area contributed by atoms with Crippen LogP contribution < -0.4 is 5.73 Å². The van der Waals surface area contributed by atoms with Crippen LogP contribution in [0.5, 0.6) is 0 Å². The lowest BCUT2D eigenvalue weighted by molar-refractivity contribution is 0.452. The van der Waals surface area contributed by atoms with Crippen molar-refractivity contribution in [3.8, 4) is 0 Å². The first-order chi connectivity index (χ1) is 8.32. The molecule has 1 heterocycles. The van der Waals surface area contributed by atoms with E-state index in [1.807, 2.05) is 20.8 Å². The molecule has 0 fully saturated rings. The number of sulfonamides is 1. The zero-order chi connectivity index (χ0) is 13.9. The highest BCUT2D eigenvalue weighted by atomic mass is 32.2. The van der Waals surface area contributed by atoms with E-state index in [0.29, 0.717) is 24.5 Å². The van der Waals surface area contributed by atoms with Crippen molar-refractivity contribution in [3.05, 3.63) is 28.0 Å². The van der Waals surface area contributed by atoms with Gasteiger partial charge in [-0.1, -0.05) is 19.1 Å². The molecule has 0 unspecified atom stereocenters. The van der Waals surface area contributed by atoms with E-state index in [2.05, 4.69) is 6.58 Å². The summed E-state index contributed by atoms with van der Waals surface area (Å²) < 4.78 is 26.4. The van der Waals surface area contributed by atoms with Crippen molar-refractivity contribution >= 4 is 21.4 Å². The van der Waals surface area contributed by atoms with Crippen molar-refractivity contribution in [3.63, 3.8) is 0 Å². The molecule has 0 radical (unpaired) electrons. The van der Waals surface area contributed by atoms with Crippen LogP contribution in [-0.2, 0) is 16.6 Å². The van der Waals surface area contributed by atoms with Crippen LogP contribution in [0.1, 0.15) is 23.6 Å². The Morgan fingerprint density at radius 3 is 2.56 bits per heavy atom. The number of nitrogens with two attached hydrogens (primary N) is 1. The lowest BCUT2D eigenvalue weighted by Crippen LogP contribution is -2.32. The minimum atomic E-state index is -3.44. The van der Waals surface area contributed by atoms with Crippen LogP contribution in [0.2, 0.25) is 0 Å². The molecular formula is C12H20N2O2S2. The summed E-state index contributed by atoms with van der Waals surface area (Å²) in [7, 11) is -3.44. The van der Waals surface area contributed by atoms with Crippen molar-refractivity contribution in [2.24, 2.45) is 5.73 Å². The molecule has 0 amide bonds. The van der Waals surface area contributed by atoms with Gasteiger partial charge in [-0.05, 0) is 19.9 Å². The van der Waals surface area contributed by atoms with Gasteiger partial charge < -0.3 is 5.73 Å². The third kappa shape index (κ3) is 3.20. The van der Waals surface area contributed by atoms with Gasteiger partial charge in [-0.2, -0.15) is 4.31 Å². The molecule has 0 atom stereocenters. The van der Waals surface area contributed by atoms with E-state index < -0.39 is 10.0 Å². The zero-order valence-corrected chi connectivity index (χ0v) is 12.7. The third-order valence-corrected chi connectivity index (χ3v) is 5.79. The minimum absolute atomic E-state index is 0.353. The first-order valence-corrected chi connectivity index (χ1v) is 8.02. The standard InChI is InChI=1S/C12H20N2O2S2/c1-5-14(8-9(2)3)18(15,16)12-6-11(7-13)17-10(12)4/h6H,2,5,7-8,13H2,1,3-4H3. The van der Waals surface area contributed by atoms with Gasteiger partial charge in [0.2, 0.25) is 10.0 Å². The molecule has 0 saturated heterocycles. The summed E-state index contributed by atoms with van der Waals surface area (Å²) in [4.78, 5) is 2.05. The van der Waals surface area contributed by atoms with E-state index in [4.69, 9.17) is 5.73 Å². The zero-order valence-electron chi connectivity index (χ0n) is 11.1. The van der Waals surface area contributed by atoms with E-state index in [1.54, 1.807) is 6.07 Å². The van der Waals surface area contributed by atoms with E-state index in [1.165, 1.54) is 15.6 Å². The number of hydrogen-bond donors (Lipinski definition) is 1. The van der Waals surface area contributed by atoms with Gasteiger partial charge in [-0.25, -0.2) is 8.42 Å². The molecule has 1 aromatic heterocycles. The molecule has 0 aliphatic rings. The summed E-state index contributed by atoms with van der Waals surface area (Å²) in [6.07, 6.45) is 0. The van der Waals surface area contributed by atoms with Crippen LogP contribution in [-0.4, -0.2) is 25.8 Å². The summed E-state index contributed by atoms with van der Waals surface area (Å²) in [5.41, 5.74) is 6.38. The van der Waals surface area contributed by atoms with Crippen molar-refractivity contribution < 1.29 is 8.42 Å². The molecule has 18 heavy (non-hydrogen) atoms. The molecule has 0 aliphatic carbocycles. The first kappa shape index (κ1) is 15.4. The van der Waals surface area contributed by atoms with E-state index >= 15 is 0 Å². The molecule has 1 rings (SSSR count). The first-order valence-electron chi connectivity index (χ1n) is 5.76. The summed E-state index contributed by atoms with van der Waals surface area (Å²) in [6, 6.07) is 1.68. The van der Waals surface area contributed by atoms with Crippen molar-refractivity contribution in [2.45, 2.75) is 32.2 Å².